The number of aromatic nitrogens is 2. The minimum atomic E-state index is -1.12. The lowest BCUT2D eigenvalue weighted by molar-refractivity contribution is 0.0120. The van der Waals surface area contributed by atoms with Gasteiger partial charge in [0.2, 0.25) is 5.88 Å². The third-order valence-corrected chi connectivity index (χ3v) is 8.62. The Morgan fingerprint density at radius 1 is 0.793 bits per heavy atom. The molecule has 1 aliphatic heterocycles. The first-order valence-corrected chi connectivity index (χ1v) is 19.5. The van der Waals surface area contributed by atoms with Crippen molar-refractivity contribution < 1.29 is 47.6 Å². The third kappa shape index (κ3) is 11.0. The maximum absolute atomic E-state index is 14.2. The largest absolute Gasteiger partial charge is 0.514 e. The molecule has 3 heterocycles. The Balaban J connectivity index is 2.02. The Labute approximate surface area is 345 Å². The number of carbonyl (C=O) groups excluding carboxylic acids is 4. The molecule has 0 atom stereocenters. The number of halogens is 1. The number of amides is 3. The van der Waals surface area contributed by atoms with E-state index in [0.29, 0.717) is 42.0 Å². The minimum Gasteiger partial charge on any atom is -0.474 e. The molecule has 0 saturated carbocycles. The topological polar surface area (TPSA) is 172 Å². The van der Waals surface area contributed by atoms with Crippen LogP contribution in [0.3, 0.4) is 0 Å². The summed E-state index contributed by atoms with van der Waals surface area (Å²) in [7, 11) is 0. The van der Waals surface area contributed by atoms with Crippen molar-refractivity contribution in [2.24, 2.45) is 0 Å². The summed E-state index contributed by atoms with van der Waals surface area (Å²) in [6.07, 6.45) is -3.04. The van der Waals surface area contributed by atoms with Crippen LogP contribution < -0.4 is 14.4 Å². The zero-order chi connectivity index (χ0) is 43.9. The number of fused-ring (bicyclic) bond motifs is 1. The van der Waals surface area contributed by atoms with Crippen molar-refractivity contribution in [1.29, 1.82) is 5.26 Å². The Hall–Kier alpha value is -5.23. The average Bonchev–Trinajstić information content (AvgIpc) is 3.32. The van der Waals surface area contributed by atoms with Gasteiger partial charge in [-0.1, -0.05) is 11.6 Å². The van der Waals surface area contributed by atoms with Crippen molar-refractivity contribution in [3.05, 3.63) is 39.4 Å². The van der Waals surface area contributed by atoms with Gasteiger partial charge in [0.1, 0.15) is 40.1 Å². The summed E-state index contributed by atoms with van der Waals surface area (Å²) >= 11 is 6.70. The molecule has 0 N–H and O–H groups in total. The van der Waals surface area contributed by atoms with Gasteiger partial charge in [-0.2, -0.15) is 15.1 Å². The monoisotopic (exact) mass is 825 g/mol. The lowest BCUT2D eigenvalue weighted by atomic mass is 10.1. The van der Waals surface area contributed by atoms with Gasteiger partial charge >= 0.3 is 24.4 Å². The number of nitrogens with zero attached hydrogens (tertiary/aromatic N) is 5. The first-order chi connectivity index (χ1) is 26.5. The number of hydrogen-bond acceptors (Lipinski definition) is 12. The highest BCUT2D eigenvalue weighted by Crippen LogP contribution is 2.43. The van der Waals surface area contributed by atoms with Gasteiger partial charge in [0.25, 0.3) is 0 Å². The smallest absolute Gasteiger partial charge is 0.474 e. The summed E-state index contributed by atoms with van der Waals surface area (Å²) in [4.78, 5) is 61.5. The van der Waals surface area contributed by atoms with E-state index in [1.165, 1.54) is 4.57 Å². The molecule has 1 aliphatic rings. The lowest BCUT2D eigenvalue weighted by Crippen LogP contribution is -2.45. The van der Waals surface area contributed by atoms with Crippen LogP contribution in [-0.4, -0.2) is 80.5 Å². The van der Waals surface area contributed by atoms with Crippen LogP contribution in [0, 0.1) is 32.1 Å². The molecule has 1 fully saturated rings. The molecule has 1 saturated heterocycles. The number of hydrogen-bond donors (Lipinski definition) is 0. The van der Waals surface area contributed by atoms with Crippen molar-refractivity contribution in [2.75, 3.05) is 18.0 Å². The molecule has 16 heteroatoms. The molecule has 2 aromatic heterocycles. The van der Waals surface area contributed by atoms with Crippen molar-refractivity contribution in [1.82, 2.24) is 14.5 Å². The summed E-state index contributed by atoms with van der Waals surface area (Å²) in [5.74, 6) is -0.0923. The lowest BCUT2D eigenvalue weighted by Gasteiger charge is -2.33. The predicted octanol–water partition coefficient (Wildman–Crippen LogP) is 10.2. The normalized spacial score (nSPS) is 14.1. The number of pyridine rings is 1. The summed E-state index contributed by atoms with van der Waals surface area (Å²) in [5, 5.41) is 11.2. The molecular formula is C42H56ClN5O10. The molecule has 316 valence electrons. The Morgan fingerprint density at radius 3 is 1.79 bits per heavy atom. The van der Waals surface area contributed by atoms with Gasteiger partial charge in [-0.05, 0) is 122 Å². The molecular weight excluding hydrogens is 770 g/mol. The van der Waals surface area contributed by atoms with E-state index in [-0.39, 0.29) is 56.4 Å². The van der Waals surface area contributed by atoms with E-state index >= 15 is 0 Å². The second kappa shape index (κ2) is 16.6. The molecule has 1 aromatic carbocycles. The van der Waals surface area contributed by atoms with Crippen LogP contribution in [0.15, 0.2) is 12.1 Å². The van der Waals surface area contributed by atoms with E-state index in [0.717, 1.165) is 0 Å². The van der Waals surface area contributed by atoms with Crippen LogP contribution >= 0.6 is 11.6 Å². The third-order valence-electron chi connectivity index (χ3n) is 8.34. The fraction of sp³-hybridized carbons (Fsp3) is 0.571. The molecule has 0 radical (unpaired) electrons. The fourth-order valence-electron chi connectivity index (χ4n) is 6.16. The van der Waals surface area contributed by atoms with Crippen molar-refractivity contribution in [3.63, 3.8) is 0 Å². The maximum Gasteiger partial charge on any atom is 0.514 e. The highest BCUT2D eigenvalue weighted by Gasteiger charge is 2.40. The van der Waals surface area contributed by atoms with Gasteiger partial charge in [0.05, 0.1) is 10.7 Å². The predicted molar refractivity (Wildman–Crippen MR) is 218 cm³/mol. The summed E-state index contributed by atoms with van der Waals surface area (Å²) in [5.41, 5.74) is -2.05. The highest BCUT2D eigenvalue weighted by atomic mass is 35.5. The van der Waals surface area contributed by atoms with Gasteiger partial charge in [0, 0.05) is 42.4 Å². The number of carbonyl (C=O) groups is 4. The van der Waals surface area contributed by atoms with Crippen LogP contribution in [0.5, 0.6) is 11.6 Å². The van der Waals surface area contributed by atoms with Crippen LogP contribution in [0.1, 0.15) is 118 Å². The molecule has 15 nitrogen and oxygen atoms in total. The molecule has 0 unspecified atom stereocenters. The Morgan fingerprint density at radius 2 is 1.31 bits per heavy atom. The zero-order valence-corrected chi connectivity index (χ0v) is 37.0. The SMILES string of the molecule is Cc1cc2c(C#N)c(N(C(=O)OC(C)(C)C)C(=O)OC(C)(C)C)n(-c3c(C)cc(Cl)c(OC(=O)OC(C)(C)C)c3C)c2nc1OC1CCN(C(=O)OC(C)(C)C)CC1. The quantitative estimate of drug-likeness (QED) is 0.136. The fourth-order valence-corrected chi connectivity index (χ4v) is 6.50. The number of anilines is 1. The first kappa shape index (κ1) is 45.5. The van der Waals surface area contributed by atoms with Gasteiger partial charge in [-0.3, -0.25) is 4.57 Å². The molecule has 58 heavy (non-hydrogen) atoms. The molecule has 0 bridgehead atoms. The second-order valence-electron chi connectivity index (χ2n) is 18.3. The molecule has 3 amide bonds. The molecule has 0 spiro atoms. The van der Waals surface area contributed by atoms with Gasteiger partial charge in [-0.15, -0.1) is 0 Å². The molecule has 3 aromatic rings. The van der Waals surface area contributed by atoms with Gasteiger partial charge in [-0.25, -0.2) is 19.2 Å². The summed E-state index contributed by atoms with van der Waals surface area (Å²) in [6, 6.07) is 5.42. The maximum atomic E-state index is 14.2. The van der Waals surface area contributed by atoms with Crippen LogP contribution in [0.4, 0.5) is 25.0 Å². The Kier molecular flexibility index (Phi) is 13.0. The minimum absolute atomic E-state index is 0.0655. The van der Waals surface area contributed by atoms with E-state index in [9.17, 15) is 24.4 Å². The van der Waals surface area contributed by atoms with E-state index in [1.807, 2.05) is 20.8 Å². The second-order valence-corrected chi connectivity index (χ2v) is 18.7. The van der Waals surface area contributed by atoms with E-state index in [2.05, 4.69) is 6.07 Å². The number of nitriles is 1. The number of aryl methyl sites for hydroxylation is 2. The number of imide groups is 1. The van der Waals surface area contributed by atoms with E-state index in [4.69, 9.17) is 45.0 Å². The number of likely N-dealkylation sites (tertiary alicyclic amines) is 1. The van der Waals surface area contributed by atoms with Crippen molar-refractivity contribution in [3.8, 4) is 23.4 Å². The van der Waals surface area contributed by atoms with E-state index < -0.39 is 46.8 Å². The zero-order valence-electron chi connectivity index (χ0n) is 36.3. The number of benzene rings is 1. The molecule has 4 rings (SSSR count). The number of ether oxygens (including phenoxy) is 6. The van der Waals surface area contributed by atoms with Crippen LogP contribution in [0.2, 0.25) is 5.02 Å². The van der Waals surface area contributed by atoms with Gasteiger partial charge < -0.3 is 33.3 Å². The number of piperidine rings is 1. The van der Waals surface area contributed by atoms with Gasteiger partial charge in [0.15, 0.2) is 17.2 Å². The van der Waals surface area contributed by atoms with Crippen molar-refractivity contribution >= 4 is 52.9 Å². The first-order valence-electron chi connectivity index (χ1n) is 19.1. The molecule has 0 aliphatic carbocycles. The van der Waals surface area contributed by atoms with Crippen LogP contribution in [-0.2, 0) is 18.9 Å². The summed E-state index contributed by atoms with van der Waals surface area (Å²) in [6.45, 7) is 26.2. The number of rotatable bonds is 5. The highest BCUT2D eigenvalue weighted by molar-refractivity contribution is 6.32. The van der Waals surface area contributed by atoms with Crippen molar-refractivity contribution in [2.45, 2.75) is 145 Å². The average molecular weight is 826 g/mol. The summed E-state index contributed by atoms with van der Waals surface area (Å²) < 4.78 is 36.1. The Bertz CT molecular complexity index is 2110. The standard InChI is InChI=1S/C42H56ClN5O10/c1-23-21-29(43)31(54-38(52)58-42(13,14)15)25(3)30(23)47-32-27(28(22-44)34(47)48(36(50)56-40(7,8)9)37(51)57-41(10,11)12)20-24(2)33(45-32)53-26-16-18-46(19-17-26)35(49)55-39(4,5)6/h20-21,26H,16-19H2,1-15H3. The van der Waals surface area contributed by atoms with E-state index in [1.54, 1.807) is 100 Å². The van der Waals surface area contributed by atoms with Crippen LogP contribution in [0.25, 0.3) is 16.7 Å².